The van der Waals surface area contributed by atoms with Gasteiger partial charge in [0.25, 0.3) is 0 Å². The highest BCUT2D eigenvalue weighted by Crippen LogP contribution is 2.27. The van der Waals surface area contributed by atoms with Gasteiger partial charge in [0.2, 0.25) is 10.0 Å². The lowest BCUT2D eigenvalue weighted by atomic mass is 10.2. The number of rotatable bonds is 6. The first kappa shape index (κ1) is 18.2. The van der Waals surface area contributed by atoms with Crippen LogP contribution in [0, 0.1) is 0 Å². The first-order valence-corrected chi connectivity index (χ1v) is 11.4. The second-order valence-corrected chi connectivity index (χ2v) is 10.3. The van der Waals surface area contributed by atoms with Gasteiger partial charge < -0.3 is 4.42 Å². The van der Waals surface area contributed by atoms with Gasteiger partial charge in [0, 0.05) is 6.04 Å². The minimum absolute atomic E-state index is 0.0105. The van der Waals surface area contributed by atoms with E-state index in [2.05, 4.69) is 0 Å². The first-order chi connectivity index (χ1) is 11.8. The summed E-state index contributed by atoms with van der Waals surface area (Å²) in [7, 11) is -7.04. The second kappa shape index (κ2) is 6.93. The van der Waals surface area contributed by atoms with Crippen molar-refractivity contribution in [3.63, 3.8) is 0 Å². The maximum atomic E-state index is 13.1. The average Bonchev–Trinajstić information content (AvgIpc) is 3.21. The predicted octanol–water partition coefficient (Wildman–Crippen LogP) is 2.22. The summed E-state index contributed by atoms with van der Waals surface area (Å²) in [4.78, 5) is 0.167. The monoisotopic (exact) mass is 383 g/mol. The Kier molecular flexibility index (Phi) is 5.04. The summed E-state index contributed by atoms with van der Waals surface area (Å²) in [5.74, 6) is 0.342. The van der Waals surface area contributed by atoms with Gasteiger partial charge in [0.1, 0.15) is 5.76 Å². The van der Waals surface area contributed by atoms with Crippen molar-refractivity contribution in [2.24, 2.45) is 0 Å². The molecule has 1 atom stereocenters. The van der Waals surface area contributed by atoms with E-state index in [9.17, 15) is 16.8 Å². The van der Waals surface area contributed by atoms with Gasteiger partial charge in [-0.25, -0.2) is 16.8 Å². The summed E-state index contributed by atoms with van der Waals surface area (Å²) in [6.45, 7) is 2.02. The molecule has 6 nitrogen and oxygen atoms in total. The topological polar surface area (TPSA) is 84.7 Å². The van der Waals surface area contributed by atoms with Crippen molar-refractivity contribution in [2.75, 3.05) is 11.5 Å². The lowest BCUT2D eigenvalue weighted by Crippen LogP contribution is -2.40. The highest BCUT2D eigenvalue weighted by Gasteiger charge is 2.39. The van der Waals surface area contributed by atoms with Crippen molar-refractivity contribution in [1.82, 2.24) is 4.31 Å². The molecule has 1 aromatic carbocycles. The fourth-order valence-corrected chi connectivity index (χ4v) is 6.45. The smallest absolute Gasteiger partial charge is 0.243 e. The summed E-state index contributed by atoms with van der Waals surface area (Å²) in [6.07, 6.45) is 2.59. The van der Waals surface area contributed by atoms with Crippen molar-refractivity contribution in [1.29, 1.82) is 0 Å². The molecule has 3 rings (SSSR count). The molecule has 8 heteroatoms. The fraction of sp³-hybridized carbons (Fsp3) is 0.412. The standard InChI is InChI=1S/C17H21NO5S2/c1-2-14-5-7-17(8-6-14)25(21,22)18(12-16-4-3-10-23-16)15-9-11-24(19,20)13-15/h3-8,10,15H,2,9,11-13H2,1H3/t15-/m0/s1. The maximum Gasteiger partial charge on any atom is 0.243 e. The largest absolute Gasteiger partial charge is 0.468 e. The van der Waals surface area contributed by atoms with Gasteiger partial charge in [-0.1, -0.05) is 19.1 Å². The highest BCUT2D eigenvalue weighted by atomic mass is 32.2. The van der Waals surface area contributed by atoms with E-state index in [1.165, 1.54) is 10.6 Å². The van der Waals surface area contributed by atoms with Gasteiger partial charge in [-0.3, -0.25) is 0 Å². The Labute approximate surface area is 148 Å². The normalized spacial score (nSPS) is 20.2. The summed E-state index contributed by atoms with van der Waals surface area (Å²) in [5.41, 5.74) is 1.04. The Hall–Kier alpha value is -1.64. The summed E-state index contributed by atoms with van der Waals surface area (Å²) in [6, 6.07) is 9.51. The van der Waals surface area contributed by atoms with Gasteiger partial charge in [-0.05, 0) is 42.7 Å². The van der Waals surface area contributed by atoms with Gasteiger partial charge in [0.15, 0.2) is 9.84 Å². The third-order valence-corrected chi connectivity index (χ3v) is 8.11. The van der Waals surface area contributed by atoms with Gasteiger partial charge >= 0.3 is 0 Å². The van der Waals surface area contributed by atoms with Crippen LogP contribution in [0.25, 0.3) is 0 Å². The van der Waals surface area contributed by atoms with Crippen LogP contribution < -0.4 is 0 Å². The van der Waals surface area contributed by atoms with Crippen molar-refractivity contribution >= 4 is 19.9 Å². The minimum atomic E-state index is -3.83. The molecule has 0 amide bonds. The summed E-state index contributed by atoms with van der Waals surface area (Å²) < 4.78 is 56.5. The Bertz CT molecular complexity index is 916. The summed E-state index contributed by atoms with van der Waals surface area (Å²) in [5, 5.41) is 0. The molecule has 1 aliphatic rings. The molecular formula is C17H21NO5S2. The van der Waals surface area contributed by atoms with E-state index in [1.807, 2.05) is 6.92 Å². The van der Waals surface area contributed by atoms with E-state index >= 15 is 0 Å². The predicted molar refractivity (Wildman–Crippen MR) is 94.3 cm³/mol. The van der Waals surface area contributed by atoms with Crippen molar-refractivity contribution in [3.8, 4) is 0 Å². The number of aryl methyl sites for hydroxylation is 1. The molecule has 0 radical (unpaired) electrons. The highest BCUT2D eigenvalue weighted by molar-refractivity contribution is 7.92. The molecule has 1 fully saturated rings. The zero-order valence-electron chi connectivity index (χ0n) is 14.0. The second-order valence-electron chi connectivity index (χ2n) is 6.18. The van der Waals surface area contributed by atoms with Crippen LogP contribution in [-0.2, 0) is 32.8 Å². The number of nitrogens with zero attached hydrogens (tertiary/aromatic N) is 1. The molecule has 0 aliphatic carbocycles. The number of benzene rings is 1. The third kappa shape index (κ3) is 3.96. The van der Waals surface area contributed by atoms with E-state index in [4.69, 9.17) is 4.42 Å². The maximum absolute atomic E-state index is 13.1. The van der Waals surface area contributed by atoms with E-state index in [0.717, 1.165) is 12.0 Å². The van der Waals surface area contributed by atoms with Crippen LogP contribution in [0.4, 0.5) is 0 Å². The molecule has 2 aromatic rings. The van der Waals surface area contributed by atoms with E-state index in [1.54, 1.807) is 36.4 Å². The van der Waals surface area contributed by atoms with Crippen LogP contribution in [0.1, 0.15) is 24.7 Å². The molecule has 25 heavy (non-hydrogen) atoms. The molecule has 136 valence electrons. The fourth-order valence-electron chi connectivity index (χ4n) is 3.00. The number of hydrogen-bond donors (Lipinski definition) is 0. The number of furan rings is 1. The molecule has 1 aromatic heterocycles. The SMILES string of the molecule is CCc1ccc(S(=O)(=O)N(Cc2ccco2)[C@H]2CCS(=O)(=O)C2)cc1. The molecule has 1 aliphatic heterocycles. The average molecular weight is 383 g/mol. The molecule has 0 spiro atoms. The minimum Gasteiger partial charge on any atom is -0.468 e. The Morgan fingerprint density at radius 1 is 1.20 bits per heavy atom. The zero-order valence-corrected chi connectivity index (χ0v) is 15.6. The van der Waals surface area contributed by atoms with Crippen LogP contribution in [0.2, 0.25) is 0 Å². The van der Waals surface area contributed by atoms with E-state index < -0.39 is 25.9 Å². The number of sulfone groups is 1. The molecule has 0 N–H and O–H groups in total. The quantitative estimate of drug-likeness (QED) is 0.764. The Balaban J connectivity index is 1.96. The van der Waals surface area contributed by atoms with Crippen molar-refractivity contribution in [2.45, 2.75) is 37.2 Å². The first-order valence-electron chi connectivity index (χ1n) is 8.15. The van der Waals surface area contributed by atoms with Crippen molar-refractivity contribution < 1.29 is 21.3 Å². The van der Waals surface area contributed by atoms with E-state index in [-0.39, 0.29) is 22.9 Å². The molecule has 0 saturated carbocycles. The van der Waals surface area contributed by atoms with Gasteiger partial charge in [-0.2, -0.15) is 4.31 Å². The number of hydrogen-bond acceptors (Lipinski definition) is 5. The lowest BCUT2D eigenvalue weighted by Gasteiger charge is -2.26. The molecule has 2 heterocycles. The van der Waals surface area contributed by atoms with Gasteiger partial charge in [0.05, 0.1) is 29.2 Å². The summed E-state index contributed by atoms with van der Waals surface area (Å²) >= 11 is 0. The van der Waals surface area contributed by atoms with E-state index in [0.29, 0.717) is 12.2 Å². The van der Waals surface area contributed by atoms with Crippen LogP contribution >= 0.6 is 0 Å². The zero-order chi connectivity index (χ0) is 18.1. The van der Waals surface area contributed by atoms with Crippen LogP contribution in [0.5, 0.6) is 0 Å². The molecular weight excluding hydrogens is 362 g/mol. The Morgan fingerprint density at radius 3 is 2.44 bits per heavy atom. The van der Waals surface area contributed by atoms with Crippen LogP contribution in [-0.4, -0.2) is 38.7 Å². The third-order valence-electron chi connectivity index (χ3n) is 4.45. The molecule has 0 bridgehead atoms. The number of sulfonamides is 1. The van der Waals surface area contributed by atoms with Gasteiger partial charge in [-0.15, -0.1) is 0 Å². The van der Waals surface area contributed by atoms with Crippen LogP contribution in [0.3, 0.4) is 0 Å². The molecule has 0 unspecified atom stereocenters. The molecule has 1 saturated heterocycles. The Morgan fingerprint density at radius 2 is 1.92 bits per heavy atom. The lowest BCUT2D eigenvalue weighted by molar-refractivity contribution is 0.307. The van der Waals surface area contributed by atoms with Crippen LogP contribution in [0.15, 0.2) is 52.0 Å². The van der Waals surface area contributed by atoms with Crippen molar-refractivity contribution in [3.05, 3.63) is 54.0 Å².